The Balaban J connectivity index is 2.07. The first-order valence-corrected chi connectivity index (χ1v) is 7.82. The number of hydrogen-bond donors (Lipinski definition) is 1. The lowest BCUT2D eigenvalue weighted by Crippen LogP contribution is -2.40. The third-order valence-corrected chi connectivity index (χ3v) is 4.76. The van der Waals surface area contributed by atoms with Gasteiger partial charge in [0.25, 0.3) is 5.91 Å². The Kier molecular flexibility index (Phi) is 5.40. The Morgan fingerprint density at radius 1 is 1.35 bits per heavy atom. The van der Waals surface area contributed by atoms with Gasteiger partial charge in [0.2, 0.25) is 0 Å². The van der Waals surface area contributed by atoms with Crippen LogP contribution < -0.4 is 10.1 Å². The smallest absolute Gasteiger partial charge is 0.254 e. The second-order valence-corrected chi connectivity index (χ2v) is 6.26. The van der Waals surface area contributed by atoms with Crippen molar-refractivity contribution >= 4 is 21.8 Å². The van der Waals surface area contributed by atoms with Gasteiger partial charge in [0.05, 0.1) is 12.7 Å². The first-order chi connectivity index (χ1) is 9.61. The number of ether oxygens (including phenoxy) is 1. The van der Waals surface area contributed by atoms with Gasteiger partial charge in [-0.3, -0.25) is 4.79 Å². The van der Waals surface area contributed by atoms with E-state index in [0.29, 0.717) is 5.75 Å². The molecule has 3 nitrogen and oxygen atoms in total. The summed E-state index contributed by atoms with van der Waals surface area (Å²) >= 11 is 3.62. The van der Waals surface area contributed by atoms with Crippen LogP contribution in [0.4, 0.5) is 4.39 Å². The molecular weight excluding hydrogens is 325 g/mol. The molecule has 1 saturated carbocycles. The molecule has 0 bridgehead atoms. The summed E-state index contributed by atoms with van der Waals surface area (Å²) in [6.07, 6.45) is 5.41. The molecule has 0 heterocycles. The highest BCUT2D eigenvalue weighted by Crippen LogP contribution is 2.24. The number of amides is 1. The van der Waals surface area contributed by atoms with Crippen LogP contribution in [0.15, 0.2) is 18.2 Å². The molecule has 1 aromatic rings. The van der Waals surface area contributed by atoms with Crippen LogP contribution in [0.2, 0.25) is 0 Å². The molecule has 110 valence electrons. The van der Waals surface area contributed by atoms with E-state index in [1.54, 1.807) is 6.07 Å². The lowest BCUT2D eigenvalue weighted by molar-refractivity contribution is 0.0930. The van der Waals surface area contributed by atoms with Crippen LogP contribution in [-0.2, 0) is 0 Å². The van der Waals surface area contributed by atoms with E-state index in [9.17, 15) is 9.18 Å². The van der Waals surface area contributed by atoms with Gasteiger partial charge in [-0.1, -0.05) is 35.2 Å². The Labute approximate surface area is 127 Å². The number of nitrogens with one attached hydrogen (secondary N) is 1. The highest BCUT2D eigenvalue weighted by molar-refractivity contribution is 9.09. The summed E-state index contributed by atoms with van der Waals surface area (Å²) in [7, 11) is 1.47. The zero-order valence-corrected chi connectivity index (χ0v) is 13.1. The predicted octanol–water partition coefficient (Wildman–Crippen LogP) is 3.66. The quantitative estimate of drug-likeness (QED) is 0.671. The molecule has 1 fully saturated rings. The third kappa shape index (κ3) is 3.72. The van der Waals surface area contributed by atoms with Crippen molar-refractivity contribution in [3.8, 4) is 5.75 Å². The molecule has 2 unspecified atom stereocenters. The molecular formula is C15H19BrFNO2. The van der Waals surface area contributed by atoms with Gasteiger partial charge in [-0.25, -0.2) is 4.39 Å². The fraction of sp³-hybridized carbons (Fsp3) is 0.533. The standard InChI is InChI=1S/C15H19BrFNO2/c1-20-10-7-8-11(13(17)9-10)15(19)18-14-6-4-2-3-5-12(14)16/h7-9,12,14H,2-6H2,1H3,(H,18,19). The fourth-order valence-corrected chi connectivity index (χ4v) is 3.20. The predicted molar refractivity (Wildman–Crippen MR) is 80.0 cm³/mol. The number of carbonyl (C=O) groups excluding carboxylic acids is 1. The van der Waals surface area contributed by atoms with Crippen LogP contribution in [0.1, 0.15) is 42.5 Å². The van der Waals surface area contributed by atoms with Crippen molar-refractivity contribution in [2.75, 3.05) is 7.11 Å². The average molecular weight is 344 g/mol. The minimum absolute atomic E-state index is 0.0616. The summed E-state index contributed by atoms with van der Waals surface area (Å²) in [6.45, 7) is 0. The van der Waals surface area contributed by atoms with E-state index >= 15 is 0 Å². The van der Waals surface area contributed by atoms with E-state index in [-0.39, 0.29) is 22.3 Å². The number of benzene rings is 1. The van der Waals surface area contributed by atoms with Crippen molar-refractivity contribution in [2.45, 2.75) is 43.0 Å². The van der Waals surface area contributed by atoms with Gasteiger partial charge in [-0.05, 0) is 25.0 Å². The molecule has 0 saturated heterocycles. The van der Waals surface area contributed by atoms with Gasteiger partial charge < -0.3 is 10.1 Å². The highest BCUT2D eigenvalue weighted by Gasteiger charge is 2.24. The van der Waals surface area contributed by atoms with Crippen molar-refractivity contribution in [3.05, 3.63) is 29.6 Å². The Hall–Kier alpha value is -1.10. The first-order valence-electron chi connectivity index (χ1n) is 6.90. The molecule has 20 heavy (non-hydrogen) atoms. The monoisotopic (exact) mass is 343 g/mol. The van der Waals surface area contributed by atoms with Crippen molar-refractivity contribution in [1.29, 1.82) is 0 Å². The highest BCUT2D eigenvalue weighted by atomic mass is 79.9. The molecule has 5 heteroatoms. The Morgan fingerprint density at radius 3 is 2.80 bits per heavy atom. The lowest BCUT2D eigenvalue weighted by atomic mass is 10.1. The first kappa shape index (κ1) is 15.3. The van der Waals surface area contributed by atoms with Gasteiger partial charge in [-0.2, -0.15) is 0 Å². The molecule has 0 aromatic heterocycles. The number of methoxy groups -OCH3 is 1. The van der Waals surface area contributed by atoms with Gasteiger partial charge in [0.15, 0.2) is 0 Å². The van der Waals surface area contributed by atoms with Crippen molar-refractivity contribution in [2.24, 2.45) is 0 Å². The minimum atomic E-state index is -0.554. The van der Waals surface area contributed by atoms with Crippen molar-refractivity contribution < 1.29 is 13.9 Å². The van der Waals surface area contributed by atoms with E-state index in [4.69, 9.17) is 4.74 Å². The topological polar surface area (TPSA) is 38.3 Å². The van der Waals surface area contributed by atoms with Gasteiger partial charge in [-0.15, -0.1) is 0 Å². The SMILES string of the molecule is COc1ccc(C(=O)NC2CCCCCC2Br)c(F)c1. The molecule has 1 N–H and O–H groups in total. The van der Waals surface area contributed by atoms with Crippen LogP contribution in [0, 0.1) is 5.82 Å². The molecule has 2 atom stereocenters. The third-order valence-electron chi connectivity index (χ3n) is 3.67. The second-order valence-electron chi connectivity index (χ2n) is 5.08. The van der Waals surface area contributed by atoms with Gasteiger partial charge >= 0.3 is 0 Å². The van der Waals surface area contributed by atoms with E-state index < -0.39 is 5.82 Å². The molecule has 1 aliphatic rings. The van der Waals surface area contributed by atoms with Gasteiger partial charge in [0, 0.05) is 16.9 Å². The summed E-state index contributed by atoms with van der Waals surface area (Å²) in [5.74, 6) is -0.505. The summed E-state index contributed by atoms with van der Waals surface area (Å²) in [5.41, 5.74) is 0.0646. The van der Waals surface area contributed by atoms with Crippen molar-refractivity contribution in [3.63, 3.8) is 0 Å². The van der Waals surface area contributed by atoms with Gasteiger partial charge in [0.1, 0.15) is 11.6 Å². The van der Waals surface area contributed by atoms with Crippen molar-refractivity contribution in [1.82, 2.24) is 5.32 Å². The second kappa shape index (κ2) is 7.07. The molecule has 1 aromatic carbocycles. The maximum atomic E-state index is 13.9. The zero-order valence-electron chi connectivity index (χ0n) is 11.5. The molecule has 2 rings (SSSR count). The van der Waals surface area contributed by atoms with Crippen LogP contribution in [0.3, 0.4) is 0 Å². The average Bonchev–Trinajstić information content (AvgIpc) is 2.64. The van der Waals surface area contributed by atoms with Crippen LogP contribution in [-0.4, -0.2) is 23.9 Å². The lowest BCUT2D eigenvalue weighted by Gasteiger charge is -2.21. The molecule has 0 aliphatic heterocycles. The van der Waals surface area contributed by atoms with Crippen LogP contribution in [0.25, 0.3) is 0 Å². The normalized spacial score (nSPS) is 22.9. The molecule has 0 spiro atoms. The summed E-state index contributed by atoms with van der Waals surface area (Å²) in [5, 5.41) is 2.94. The summed E-state index contributed by atoms with van der Waals surface area (Å²) in [4.78, 5) is 12.4. The van der Waals surface area contributed by atoms with E-state index in [0.717, 1.165) is 19.3 Å². The fourth-order valence-electron chi connectivity index (χ4n) is 2.48. The Bertz CT molecular complexity index is 481. The maximum Gasteiger partial charge on any atom is 0.254 e. The van der Waals surface area contributed by atoms with E-state index in [1.165, 1.54) is 32.1 Å². The maximum absolute atomic E-state index is 13.9. The number of halogens is 2. The Morgan fingerprint density at radius 2 is 2.10 bits per heavy atom. The van der Waals surface area contributed by atoms with E-state index in [2.05, 4.69) is 21.2 Å². The molecule has 0 radical (unpaired) electrons. The molecule has 1 amide bonds. The molecule has 1 aliphatic carbocycles. The minimum Gasteiger partial charge on any atom is -0.497 e. The number of rotatable bonds is 3. The van der Waals surface area contributed by atoms with E-state index in [1.807, 2.05) is 0 Å². The van der Waals surface area contributed by atoms with Crippen LogP contribution >= 0.6 is 15.9 Å². The van der Waals surface area contributed by atoms with Crippen LogP contribution in [0.5, 0.6) is 5.75 Å². The number of carbonyl (C=O) groups is 1. The largest absolute Gasteiger partial charge is 0.497 e. The summed E-state index contributed by atoms with van der Waals surface area (Å²) in [6, 6.07) is 4.35. The zero-order chi connectivity index (χ0) is 14.5. The number of alkyl halides is 1. The summed E-state index contributed by atoms with van der Waals surface area (Å²) < 4.78 is 18.8. The number of hydrogen-bond acceptors (Lipinski definition) is 2.